The highest BCUT2D eigenvalue weighted by atomic mass is 16.5. The molecule has 0 amide bonds. The van der Waals surface area contributed by atoms with Crippen LogP contribution >= 0.6 is 0 Å². The fraction of sp³-hybridized carbons (Fsp3) is 0.0732. The topological polar surface area (TPSA) is 58.0 Å². The molecule has 0 aliphatic rings. The zero-order chi connectivity index (χ0) is 31.5. The highest BCUT2D eigenvalue weighted by molar-refractivity contribution is 6.10. The third kappa shape index (κ3) is 4.49. The summed E-state index contributed by atoms with van der Waals surface area (Å²) in [5.41, 5.74) is 8.17. The van der Waals surface area contributed by atoms with Crippen molar-refractivity contribution in [3.63, 3.8) is 0 Å². The fourth-order valence-corrected chi connectivity index (χ4v) is 6.81. The molecule has 0 bridgehead atoms. The van der Waals surface area contributed by atoms with Gasteiger partial charge in [0.05, 0.1) is 28.2 Å². The zero-order valence-electron chi connectivity index (χ0n) is 26.0. The minimum absolute atomic E-state index is 0.0614. The van der Waals surface area contributed by atoms with Crippen LogP contribution in [-0.2, 0) is 0 Å². The van der Waals surface area contributed by atoms with Crippen LogP contribution < -0.4 is 4.74 Å². The predicted molar refractivity (Wildman–Crippen MR) is 190 cm³/mol. The van der Waals surface area contributed by atoms with E-state index in [-0.39, 0.29) is 6.10 Å². The van der Waals surface area contributed by atoms with Gasteiger partial charge in [-0.1, -0.05) is 78.9 Å². The molecule has 0 fully saturated rings. The van der Waals surface area contributed by atoms with Crippen LogP contribution in [0.3, 0.4) is 0 Å². The Morgan fingerprint density at radius 2 is 0.936 bits per heavy atom. The van der Waals surface area contributed by atoms with E-state index in [0.717, 1.165) is 50.3 Å². The summed E-state index contributed by atoms with van der Waals surface area (Å²) >= 11 is 0. The first-order chi connectivity index (χ1) is 23.1. The molecule has 47 heavy (non-hydrogen) atoms. The highest BCUT2D eigenvalue weighted by Gasteiger charge is 2.19. The van der Waals surface area contributed by atoms with Crippen molar-refractivity contribution in [1.29, 1.82) is 0 Å². The number of aromatic nitrogens is 4. The number of hydrogen-bond donors (Lipinski definition) is 0. The molecule has 0 aliphatic heterocycles. The molecule has 0 unspecified atom stereocenters. The Labute approximate surface area is 271 Å². The normalized spacial score (nSPS) is 11.8. The van der Waals surface area contributed by atoms with Crippen LogP contribution in [0.25, 0.3) is 77.9 Å². The molecule has 3 aromatic heterocycles. The van der Waals surface area contributed by atoms with Crippen molar-refractivity contribution in [2.75, 3.05) is 0 Å². The molecule has 0 saturated carbocycles. The van der Waals surface area contributed by atoms with Gasteiger partial charge in [-0.15, -0.1) is 10.2 Å². The number of rotatable bonds is 6. The number of para-hydroxylation sites is 4. The lowest BCUT2D eigenvalue weighted by Crippen LogP contribution is -2.05. The maximum atomic E-state index is 6.41. The summed E-state index contributed by atoms with van der Waals surface area (Å²) in [4.78, 5) is 0. The van der Waals surface area contributed by atoms with Crippen molar-refractivity contribution in [3.05, 3.63) is 140 Å². The largest absolute Gasteiger partial charge is 0.491 e. The van der Waals surface area contributed by atoms with Crippen molar-refractivity contribution < 1.29 is 9.15 Å². The van der Waals surface area contributed by atoms with E-state index < -0.39 is 0 Å². The van der Waals surface area contributed by atoms with E-state index >= 15 is 0 Å². The third-order valence-electron chi connectivity index (χ3n) is 8.70. The summed E-state index contributed by atoms with van der Waals surface area (Å²) < 4.78 is 17.0. The number of ether oxygens (including phenoxy) is 1. The molecule has 9 rings (SSSR count). The lowest BCUT2D eigenvalue weighted by Gasteiger charge is -2.14. The van der Waals surface area contributed by atoms with E-state index in [1.165, 1.54) is 21.5 Å². The van der Waals surface area contributed by atoms with Gasteiger partial charge in [0.2, 0.25) is 11.8 Å². The molecular weight excluding hydrogens is 580 g/mol. The van der Waals surface area contributed by atoms with Gasteiger partial charge in [-0.3, -0.25) is 0 Å². The molecule has 6 heteroatoms. The molecule has 6 aromatic carbocycles. The van der Waals surface area contributed by atoms with Gasteiger partial charge in [0, 0.05) is 44.0 Å². The van der Waals surface area contributed by atoms with Crippen LogP contribution in [0.2, 0.25) is 0 Å². The summed E-state index contributed by atoms with van der Waals surface area (Å²) in [5, 5.41) is 13.9. The number of fused-ring (bicyclic) bond motifs is 6. The first-order valence-corrected chi connectivity index (χ1v) is 15.9. The second-order valence-corrected chi connectivity index (χ2v) is 12.1. The van der Waals surface area contributed by atoms with Crippen molar-refractivity contribution in [1.82, 2.24) is 19.3 Å². The average Bonchev–Trinajstić information content (AvgIpc) is 3.81. The van der Waals surface area contributed by atoms with E-state index in [0.29, 0.717) is 11.8 Å². The Morgan fingerprint density at radius 1 is 0.489 bits per heavy atom. The molecule has 0 N–H and O–H groups in total. The quantitative estimate of drug-likeness (QED) is 0.188. The Balaban J connectivity index is 1.30. The smallest absolute Gasteiger partial charge is 0.248 e. The van der Waals surface area contributed by atoms with Crippen LogP contribution in [0.4, 0.5) is 0 Å². The number of hydrogen-bond acceptors (Lipinski definition) is 4. The standard InChI is InChI=1S/C41H30N4O2/c1-26(2)46-31-13-11-12-27(24-31)40-42-43-41(47-40)28-22-29(44-36-18-7-3-14-32(36)33-15-4-8-19-37(33)44)25-30(23-28)45-38-20-9-5-16-34(38)35-17-6-10-21-39(35)45/h3-26H,1-2H3. The van der Waals surface area contributed by atoms with Gasteiger partial charge in [0.25, 0.3) is 0 Å². The van der Waals surface area contributed by atoms with E-state index in [1.807, 2.05) is 38.1 Å². The van der Waals surface area contributed by atoms with Crippen LogP contribution in [0, 0.1) is 0 Å². The molecule has 0 aliphatic carbocycles. The summed E-state index contributed by atoms with van der Waals surface area (Å²) in [6.07, 6.45) is 0.0614. The summed E-state index contributed by atoms with van der Waals surface area (Å²) in [5.74, 6) is 1.65. The molecular formula is C41H30N4O2. The highest BCUT2D eigenvalue weighted by Crippen LogP contribution is 2.38. The third-order valence-corrected chi connectivity index (χ3v) is 8.70. The first kappa shape index (κ1) is 27.2. The van der Waals surface area contributed by atoms with Gasteiger partial charge in [-0.05, 0) is 74.5 Å². The van der Waals surface area contributed by atoms with E-state index in [1.54, 1.807) is 0 Å². The zero-order valence-corrected chi connectivity index (χ0v) is 26.0. The minimum atomic E-state index is 0.0614. The SMILES string of the molecule is CC(C)Oc1cccc(-c2nnc(-c3cc(-n4c5ccccc5c5ccccc54)cc(-n4c5ccccc5c5ccccc54)c3)o2)c1. The summed E-state index contributed by atoms with van der Waals surface area (Å²) in [7, 11) is 0. The number of nitrogens with zero attached hydrogens (tertiary/aromatic N) is 4. The monoisotopic (exact) mass is 610 g/mol. The lowest BCUT2D eigenvalue weighted by atomic mass is 10.1. The van der Waals surface area contributed by atoms with Crippen LogP contribution in [0.5, 0.6) is 5.75 Å². The maximum Gasteiger partial charge on any atom is 0.248 e. The van der Waals surface area contributed by atoms with Crippen molar-refractivity contribution in [2.24, 2.45) is 0 Å². The molecule has 0 spiro atoms. The predicted octanol–water partition coefficient (Wildman–Crippen LogP) is 10.4. The Bertz CT molecular complexity index is 2370. The Kier molecular flexibility index (Phi) is 6.21. The van der Waals surface area contributed by atoms with Crippen molar-refractivity contribution in [3.8, 4) is 40.0 Å². The fourth-order valence-electron chi connectivity index (χ4n) is 6.81. The number of benzene rings is 6. The van der Waals surface area contributed by atoms with Crippen LogP contribution in [0.15, 0.2) is 144 Å². The molecule has 0 atom stereocenters. The van der Waals surface area contributed by atoms with Gasteiger partial charge in [-0.25, -0.2) is 0 Å². The molecule has 9 aromatic rings. The van der Waals surface area contributed by atoms with E-state index in [9.17, 15) is 0 Å². The van der Waals surface area contributed by atoms with E-state index in [2.05, 4.69) is 135 Å². The molecule has 0 saturated heterocycles. The second-order valence-electron chi connectivity index (χ2n) is 12.1. The van der Waals surface area contributed by atoms with Gasteiger partial charge in [-0.2, -0.15) is 0 Å². The lowest BCUT2D eigenvalue weighted by molar-refractivity contribution is 0.242. The second kappa shape index (κ2) is 10.7. The van der Waals surface area contributed by atoms with Gasteiger partial charge in [0.15, 0.2) is 0 Å². The van der Waals surface area contributed by atoms with Gasteiger partial charge < -0.3 is 18.3 Å². The molecule has 226 valence electrons. The summed E-state index contributed by atoms with van der Waals surface area (Å²) in [6.45, 7) is 4.02. The average molecular weight is 611 g/mol. The van der Waals surface area contributed by atoms with Gasteiger partial charge >= 0.3 is 0 Å². The van der Waals surface area contributed by atoms with Gasteiger partial charge in [0.1, 0.15) is 5.75 Å². The Morgan fingerprint density at radius 3 is 1.40 bits per heavy atom. The minimum Gasteiger partial charge on any atom is -0.491 e. The van der Waals surface area contributed by atoms with Crippen LogP contribution in [-0.4, -0.2) is 25.4 Å². The molecule has 3 heterocycles. The maximum absolute atomic E-state index is 6.41. The Hall–Kier alpha value is -6.14. The van der Waals surface area contributed by atoms with Crippen molar-refractivity contribution in [2.45, 2.75) is 20.0 Å². The van der Waals surface area contributed by atoms with Crippen molar-refractivity contribution >= 4 is 43.6 Å². The first-order valence-electron chi connectivity index (χ1n) is 15.9. The van der Waals surface area contributed by atoms with Crippen LogP contribution in [0.1, 0.15) is 13.8 Å². The summed E-state index contributed by atoms with van der Waals surface area (Å²) in [6, 6.07) is 48.6. The molecule has 0 radical (unpaired) electrons. The molecule has 6 nitrogen and oxygen atoms in total. The van der Waals surface area contributed by atoms with E-state index in [4.69, 9.17) is 9.15 Å².